The zero-order valence-corrected chi connectivity index (χ0v) is 10.9. The number of primary amides is 1. The molecule has 1 aromatic carbocycles. The van der Waals surface area contributed by atoms with Crippen LogP contribution in [0.25, 0.3) is 10.9 Å². The van der Waals surface area contributed by atoms with Crippen molar-refractivity contribution in [2.45, 2.75) is 17.3 Å². The van der Waals surface area contributed by atoms with Gasteiger partial charge < -0.3 is 5.73 Å². The Bertz CT molecular complexity index is 666. The van der Waals surface area contributed by atoms with Gasteiger partial charge in [0.05, 0.1) is 16.2 Å². The number of amides is 1. The van der Waals surface area contributed by atoms with Crippen LogP contribution in [0.1, 0.15) is 6.92 Å². The van der Waals surface area contributed by atoms with Crippen molar-refractivity contribution < 1.29 is 4.79 Å². The van der Waals surface area contributed by atoms with Gasteiger partial charge in [-0.25, -0.2) is 4.98 Å². The van der Waals surface area contributed by atoms with Gasteiger partial charge in [0.15, 0.2) is 5.16 Å². The minimum atomic E-state index is -0.428. The van der Waals surface area contributed by atoms with Crippen LogP contribution in [0.5, 0.6) is 0 Å². The summed E-state index contributed by atoms with van der Waals surface area (Å²) >= 11 is 1.18. The maximum Gasteiger partial charge on any atom is 0.261 e. The van der Waals surface area contributed by atoms with Crippen LogP contribution < -0.4 is 11.3 Å². The zero-order valence-electron chi connectivity index (χ0n) is 10.1. The van der Waals surface area contributed by atoms with E-state index < -0.39 is 11.2 Å². The van der Waals surface area contributed by atoms with Gasteiger partial charge in [-0.05, 0) is 19.1 Å². The minimum Gasteiger partial charge on any atom is -0.369 e. The predicted molar refractivity (Wildman–Crippen MR) is 71.5 cm³/mol. The monoisotopic (exact) mass is 263 g/mol. The lowest BCUT2D eigenvalue weighted by atomic mass is 10.2. The van der Waals surface area contributed by atoms with E-state index in [4.69, 9.17) is 5.73 Å². The van der Waals surface area contributed by atoms with Crippen LogP contribution in [0.2, 0.25) is 0 Å². The molecule has 0 aliphatic heterocycles. The average molecular weight is 263 g/mol. The quantitative estimate of drug-likeness (QED) is 0.659. The molecule has 1 heterocycles. The number of thioether (sulfide) groups is 1. The normalized spacial score (nSPS) is 12.6. The molecule has 0 bridgehead atoms. The number of nitrogens with zero attached hydrogens (tertiary/aromatic N) is 2. The van der Waals surface area contributed by atoms with Gasteiger partial charge >= 0.3 is 0 Å². The lowest BCUT2D eigenvalue weighted by Gasteiger charge is -2.11. The standard InChI is InChI=1S/C12H13N3O2S/c1-7(10(13)16)18-12-14-9-6-4-3-5-8(9)11(17)15(12)2/h3-7H,1-2H3,(H2,13,16). The molecule has 0 saturated carbocycles. The van der Waals surface area contributed by atoms with Gasteiger partial charge in [0, 0.05) is 7.05 Å². The van der Waals surface area contributed by atoms with Crippen LogP contribution in [0.4, 0.5) is 0 Å². The smallest absolute Gasteiger partial charge is 0.261 e. The molecule has 0 aliphatic rings. The van der Waals surface area contributed by atoms with E-state index in [0.717, 1.165) is 0 Å². The highest BCUT2D eigenvalue weighted by Gasteiger charge is 2.15. The predicted octanol–water partition coefficient (Wildman–Crippen LogP) is 0.899. The van der Waals surface area contributed by atoms with Gasteiger partial charge in [-0.3, -0.25) is 14.2 Å². The van der Waals surface area contributed by atoms with Gasteiger partial charge in [-0.15, -0.1) is 0 Å². The van der Waals surface area contributed by atoms with Crippen LogP contribution in [0, 0.1) is 0 Å². The number of nitrogens with two attached hydrogens (primary N) is 1. The molecule has 0 spiro atoms. The van der Waals surface area contributed by atoms with E-state index in [2.05, 4.69) is 4.98 Å². The number of rotatable bonds is 3. The van der Waals surface area contributed by atoms with Gasteiger partial charge in [0.1, 0.15) is 0 Å². The molecule has 1 aromatic heterocycles. The molecular formula is C12H13N3O2S. The summed E-state index contributed by atoms with van der Waals surface area (Å²) in [6.45, 7) is 1.69. The van der Waals surface area contributed by atoms with E-state index in [1.165, 1.54) is 16.3 Å². The summed E-state index contributed by atoms with van der Waals surface area (Å²) in [6.07, 6.45) is 0. The lowest BCUT2D eigenvalue weighted by Crippen LogP contribution is -2.25. The number of carbonyl (C=O) groups excluding carboxylic acids is 1. The summed E-state index contributed by atoms with van der Waals surface area (Å²) in [5.74, 6) is -0.428. The Morgan fingerprint density at radius 1 is 1.44 bits per heavy atom. The van der Waals surface area contributed by atoms with Gasteiger partial charge in [0.25, 0.3) is 5.56 Å². The van der Waals surface area contributed by atoms with E-state index in [1.807, 2.05) is 6.07 Å². The van der Waals surface area contributed by atoms with Crippen LogP contribution >= 0.6 is 11.8 Å². The average Bonchev–Trinajstić information content (AvgIpc) is 2.35. The fraction of sp³-hybridized carbons (Fsp3) is 0.250. The second-order valence-corrected chi connectivity index (χ2v) is 5.25. The third kappa shape index (κ3) is 2.24. The number of para-hydroxylation sites is 1. The Labute approximate surface area is 108 Å². The Balaban J connectivity index is 2.55. The third-order valence-electron chi connectivity index (χ3n) is 2.62. The maximum absolute atomic E-state index is 12.1. The van der Waals surface area contributed by atoms with Crippen molar-refractivity contribution in [3.63, 3.8) is 0 Å². The zero-order chi connectivity index (χ0) is 13.3. The molecule has 0 saturated heterocycles. The molecule has 1 amide bonds. The molecule has 2 rings (SSSR count). The minimum absolute atomic E-state index is 0.125. The highest BCUT2D eigenvalue weighted by molar-refractivity contribution is 8.00. The Morgan fingerprint density at radius 2 is 2.11 bits per heavy atom. The van der Waals surface area contributed by atoms with Crippen molar-refractivity contribution >= 4 is 28.6 Å². The number of hydrogen-bond donors (Lipinski definition) is 1. The Morgan fingerprint density at radius 3 is 2.78 bits per heavy atom. The summed E-state index contributed by atoms with van der Waals surface area (Å²) in [4.78, 5) is 27.5. The molecule has 2 aromatic rings. The van der Waals surface area contributed by atoms with Crippen molar-refractivity contribution in [2.24, 2.45) is 12.8 Å². The first-order valence-corrected chi connectivity index (χ1v) is 6.30. The van der Waals surface area contributed by atoms with Crippen molar-refractivity contribution in [3.05, 3.63) is 34.6 Å². The van der Waals surface area contributed by atoms with Gasteiger partial charge in [-0.2, -0.15) is 0 Å². The van der Waals surface area contributed by atoms with E-state index >= 15 is 0 Å². The van der Waals surface area contributed by atoms with E-state index in [0.29, 0.717) is 16.1 Å². The Hall–Kier alpha value is -1.82. The second-order valence-electron chi connectivity index (χ2n) is 3.94. The first-order valence-electron chi connectivity index (χ1n) is 5.42. The largest absolute Gasteiger partial charge is 0.369 e. The first kappa shape index (κ1) is 12.6. The topological polar surface area (TPSA) is 78.0 Å². The van der Waals surface area contributed by atoms with Crippen molar-refractivity contribution in [3.8, 4) is 0 Å². The Kier molecular flexibility index (Phi) is 3.38. The van der Waals surface area contributed by atoms with Crippen molar-refractivity contribution in [1.82, 2.24) is 9.55 Å². The van der Waals surface area contributed by atoms with Crippen molar-refractivity contribution in [2.75, 3.05) is 0 Å². The fourth-order valence-electron chi connectivity index (χ4n) is 1.52. The maximum atomic E-state index is 12.1. The molecular weight excluding hydrogens is 250 g/mol. The highest BCUT2D eigenvalue weighted by atomic mass is 32.2. The molecule has 2 N–H and O–H groups in total. The lowest BCUT2D eigenvalue weighted by molar-refractivity contribution is -0.117. The van der Waals surface area contributed by atoms with Crippen LogP contribution in [0.15, 0.2) is 34.2 Å². The summed E-state index contributed by atoms with van der Waals surface area (Å²) in [7, 11) is 1.64. The number of fused-ring (bicyclic) bond motifs is 1. The molecule has 18 heavy (non-hydrogen) atoms. The number of hydrogen-bond acceptors (Lipinski definition) is 4. The first-order chi connectivity index (χ1) is 8.50. The summed E-state index contributed by atoms with van der Waals surface area (Å²) < 4.78 is 1.44. The highest BCUT2D eigenvalue weighted by Crippen LogP contribution is 2.21. The molecule has 1 unspecified atom stereocenters. The number of aromatic nitrogens is 2. The van der Waals surface area contributed by atoms with Crippen LogP contribution in [-0.2, 0) is 11.8 Å². The van der Waals surface area contributed by atoms with E-state index in [9.17, 15) is 9.59 Å². The molecule has 1 atom stereocenters. The fourth-order valence-corrected chi connectivity index (χ4v) is 2.34. The van der Waals surface area contributed by atoms with E-state index in [1.54, 1.807) is 32.2 Å². The molecule has 0 radical (unpaired) electrons. The second kappa shape index (κ2) is 4.81. The van der Waals surface area contributed by atoms with Crippen LogP contribution in [-0.4, -0.2) is 20.7 Å². The summed E-state index contributed by atoms with van der Waals surface area (Å²) in [5.41, 5.74) is 5.71. The SMILES string of the molecule is CC(Sc1nc2ccccc2c(=O)n1C)C(N)=O. The molecule has 6 heteroatoms. The van der Waals surface area contributed by atoms with Crippen molar-refractivity contribution in [1.29, 1.82) is 0 Å². The number of carbonyl (C=O) groups is 1. The summed E-state index contributed by atoms with van der Waals surface area (Å²) in [5, 5.41) is 0.630. The molecule has 0 fully saturated rings. The molecule has 94 valence electrons. The third-order valence-corrected chi connectivity index (χ3v) is 3.79. The van der Waals surface area contributed by atoms with Gasteiger partial charge in [-0.1, -0.05) is 23.9 Å². The molecule has 5 nitrogen and oxygen atoms in total. The summed E-state index contributed by atoms with van der Waals surface area (Å²) in [6, 6.07) is 7.12. The molecule has 0 aliphatic carbocycles. The van der Waals surface area contributed by atoms with E-state index in [-0.39, 0.29) is 5.56 Å². The van der Waals surface area contributed by atoms with Crippen LogP contribution in [0.3, 0.4) is 0 Å². The number of benzene rings is 1. The van der Waals surface area contributed by atoms with Gasteiger partial charge in [0.2, 0.25) is 5.91 Å².